The molecule has 0 saturated carbocycles. The van der Waals surface area contributed by atoms with Crippen LogP contribution >= 0.6 is 0 Å². The summed E-state index contributed by atoms with van der Waals surface area (Å²) in [5.74, 6) is 1.72. The van der Waals surface area contributed by atoms with Crippen molar-refractivity contribution in [3.63, 3.8) is 0 Å². The molecule has 426 valence electrons. The first-order valence-electron chi connectivity index (χ1n) is 35.1. The van der Waals surface area contributed by atoms with E-state index in [0.717, 1.165) is 61.1 Å². The zero-order valence-electron chi connectivity index (χ0n) is 58.8. The molecular weight excluding hydrogens is 1110 g/mol. The lowest BCUT2D eigenvalue weighted by Gasteiger charge is -2.38. The minimum atomic E-state index is -0.576. The topological polar surface area (TPSA) is 39.1 Å². The van der Waals surface area contributed by atoms with Crippen LogP contribution in [0.25, 0.3) is 106 Å². The van der Waals surface area contributed by atoms with Crippen molar-refractivity contribution in [1.82, 2.24) is 14.1 Å². The van der Waals surface area contributed by atoms with Gasteiger partial charge >= 0.3 is 0 Å². The molecule has 13 aromatic carbocycles. The second-order valence-corrected chi connectivity index (χ2v) is 22.4. The number of ether oxygens (including phenoxy) is 1. The van der Waals surface area contributed by atoms with Gasteiger partial charge in [-0.3, -0.25) is 13.7 Å². The molecule has 0 fully saturated rings. The van der Waals surface area contributed by atoms with Gasteiger partial charge in [0, 0.05) is 40.5 Å². The second kappa shape index (κ2) is 22.6. The predicted molar refractivity (Wildman–Crippen MR) is 375 cm³/mol. The van der Waals surface area contributed by atoms with Gasteiger partial charge in [-0.25, -0.2) is 4.98 Å². The summed E-state index contributed by atoms with van der Waals surface area (Å²) in [6.45, 7) is -0.142. The number of para-hydroxylation sites is 5. The average Bonchev–Trinajstić information content (AvgIpc) is 1.64. The molecule has 1 aliphatic heterocycles. The maximum atomic E-state index is 9.17. The Kier molecular flexibility index (Phi) is 10.8. The van der Waals surface area contributed by atoms with E-state index in [0.29, 0.717) is 34.0 Å². The molecule has 0 atom stereocenters. The first kappa shape index (κ1) is 43.5. The van der Waals surface area contributed by atoms with E-state index >= 15 is 0 Å². The van der Waals surface area contributed by atoms with Crippen molar-refractivity contribution in [3.05, 3.63) is 346 Å². The lowest BCUT2D eigenvalue weighted by Crippen LogP contribution is -2.58. The number of hydrogen-bond acceptors (Lipinski definition) is 3. The molecule has 0 unspecified atom stereocenters. The number of pyridine rings is 1. The molecule has 0 saturated heterocycles. The van der Waals surface area contributed by atoms with Crippen molar-refractivity contribution in [2.24, 2.45) is 0 Å². The summed E-state index contributed by atoms with van der Waals surface area (Å²) < 4.78 is 101. The van der Waals surface area contributed by atoms with E-state index in [9.17, 15) is 0 Å². The van der Waals surface area contributed by atoms with Crippen LogP contribution in [0.5, 0.6) is 11.5 Å². The summed E-state index contributed by atoms with van der Waals surface area (Å²) in [5.41, 5.74) is 17.1. The number of hydrogen-bond donors (Lipinski definition) is 0. The van der Waals surface area contributed by atoms with Gasteiger partial charge in [0.2, 0.25) is 6.71 Å². The van der Waals surface area contributed by atoms with Crippen molar-refractivity contribution in [3.8, 4) is 84.3 Å². The third-order valence-corrected chi connectivity index (χ3v) is 17.3. The fourth-order valence-corrected chi connectivity index (χ4v) is 13.4. The smallest absolute Gasteiger partial charge is 0.269 e. The van der Waals surface area contributed by atoms with Crippen molar-refractivity contribution < 1.29 is 23.0 Å². The van der Waals surface area contributed by atoms with Crippen LogP contribution in [-0.4, -0.2) is 20.8 Å². The summed E-state index contributed by atoms with van der Waals surface area (Å²) in [6.07, 6.45) is 5.38. The summed E-state index contributed by atoms with van der Waals surface area (Å²) in [6, 6.07) is 87.2. The summed E-state index contributed by atoms with van der Waals surface area (Å²) in [5, 5.41) is 2.01. The first-order chi connectivity index (χ1) is 49.3. The van der Waals surface area contributed by atoms with Gasteiger partial charge in [-0.15, -0.1) is 0 Å². The van der Waals surface area contributed by atoms with E-state index in [2.05, 4.69) is 192 Å². The van der Waals surface area contributed by atoms with Crippen molar-refractivity contribution in [1.29, 1.82) is 0 Å². The summed E-state index contributed by atoms with van der Waals surface area (Å²) in [4.78, 5) is 7.59. The summed E-state index contributed by atoms with van der Waals surface area (Å²) >= 11 is 0. The zero-order chi connectivity index (χ0) is 68.9. The Morgan fingerprint density at radius 3 is 1.63 bits per heavy atom. The Balaban J connectivity index is 0.796. The Hall–Kier alpha value is -12.1. The van der Waals surface area contributed by atoms with Gasteiger partial charge in [0.1, 0.15) is 17.3 Å². The number of aromatic nitrogens is 4. The fraction of sp³-hybridized carbons (Fsp3) is 0. The van der Waals surface area contributed by atoms with Crippen LogP contribution in [0.4, 0.5) is 17.1 Å². The maximum absolute atomic E-state index is 9.17. The van der Waals surface area contributed by atoms with Crippen LogP contribution in [0.1, 0.15) is 13.7 Å². The number of imidazole rings is 1. The highest BCUT2D eigenvalue weighted by Gasteiger charge is 2.38. The van der Waals surface area contributed by atoms with E-state index in [1.54, 1.807) is 22.8 Å². The molecule has 1 aliphatic rings. The second-order valence-electron chi connectivity index (χ2n) is 22.4. The third-order valence-electron chi connectivity index (χ3n) is 17.3. The van der Waals surface area contributed by atoms with Gasteiger partial charge < -0.3 is 9.64 Å². The molecule has 0 N–H and O–H groups in total. The normalized spacial score (nSPS) is 13.5. The van der Waals surface area contributed by atoms with Gasteiger partial charge in [-0.2, -0.15) is 0 Å². The highest BCUT2D eigenvalue weighted by molar-refractivity contribution is 6.99. The Bertz CT molecular complexity index is 5800. The van der Waals surface area contributed by atoms with E-state index < -0.39 is 60.4 Å². The number of anilines is 3. The van der Waals surface area contributed by atoms with Crippen LogP contribution in [0.3, 0.4) is 0 Å². The molecule has 3 aromatic heterocycles. The molecule has 7 heteroatoms. The Morgan fingerprint density at radius 2 is 0.967 bits per heavy atom. The lowest BCUT2D eigenvalue weighted by atomic mass is 9.33. The highest BCUT2D eigenvalue weighted by Crippen LogP contribution is 2.42. The molecular formula is C84H56BN5O. The van der Waals surface area contributed by atoms with Gasteiger partial charge in [0.05, 0.1) is 52.8 Å². The van der Waals surface area contributed by atoms with Crippen LogP contribution in [0.2, 0.25) is 0 Å². The summed E-state index contributed by atoms with van der Waals surface area (Å²) in [7, 11) is 0. The quantitative estimate of drug-likeness (QED) is 0.0695. The van der Waals surface area contributed by atoms with Gasteiger partial charge in [-0.1, -0.05) is 266 Å². The molecule has 91 heavy (non-hydrogen) atoms. The minimum Gasteiger partial charge on any atom is -0.458 e. The average molecular weight is 1170 g/mol. The van der Waals surface area contributed by atoms with Crippen LogP contribution in [-0.2, 0) is 0 Å². The van der Waals surface area contributed by atoms with Gasteiger partial charge in [0.15, 0.2) is 0 Å². The van der Waals surface area contributed by atoms with Gasteiger partial charge in [0.25, 0.3) is 6.33 Å². The SMILES string of the molecule is [2H]c1c([2H])c([2H])c(-c2cccc(-c3c([2H])c([2H])c([2H])c([2H])c3[2H])c2-[n+]2[c-]n(-c3cccc(Oc4ccc5c6cc(-c7ccccc7)ccc6n(-c6cc(N7c8ccccc8B(c8c(-c9ccccc9)cccc8-c8ccccc8)c8ccccc87)ccn6)c5c4)c3)c3ccccc32)c([2H])c1[2H]. The van der Waals surface area contributed by atoms with Crippen LogP contribution in [0.15, 0.2) is 340 Å². The van der Waals surface area contributed by atoms with Crippen molar-refractivity contribution in [2.75, 3.05) is 4.90 Å². The molecule has 0 spiro atoms. The molecule has 0 amide bonds. The fourth-order valence-electron chi connectivity index (χ4n) is 13.4. The van der Waals surface area contributed by atoms with E-state index in [1.165, 1.54) is 27.5 Å². The van der Waals surface area contributed by atoms with E-state index in [-0.39, 0.29) is 34.7 Å². The van der Waals surface area contributed by atoms with Crippen molar-refractivity contribution in [2.45, 2.75) is 0 Å². The largest absolute Gasteiger partial charge is 0.458 e. The zero-order valence-corrected chi connectivity index (χ0v) is 48.8. The predicted octanol–water partition coefficient (Wildman–Crippen LogP) is 18.6. The monoisotopic (exact) mass is 1170 g/mol. The molecule has 6 nitrogen and oxygen atoms in total. The van der Waals surface area contributed by atoms with Crippen LogP contribution in [0, 0.1) is 6.33 Å². The highest BCUT2D eigenvalue weighted by atomic mass is 16.5. The molecule has 0 radical (unpaired) electrons. The molecule has 16 aromatic rings. The Morgan fingerprint density at radius 1 is 0.396 bits per heavy atom. The van der Waals surface area contributed by atoms with E-state index in [4.69, 9.17) is 23.4 Å². The Labute approximate surface area is 542 Å². The number of fused-ring (bicyclic) bond motifs is 6. The number of benzene rings is 13. The molecule has 0 bridgehead atoms. The minimum absolute atomic E-state index is 0.142. The molecule has 0 aliphatic carbocycles. The van der Waals surface area contributed by atoms with Gasteiger partial charge in [-0.05, 0) is 127 Å². The third kappa shape index (κ3) is 9.38. The standard InChI is InChI=1S/C84H56BN5O/c1-6-25-58(26-7-1)63-47-50-76-73(53-63)72-49-48-67(91-66-36-22-35-64(54-66)87-57-88(80-46-21-20-45-79(80)87)84-70(61-31-12-4-13-32-61)39-24-40-71(84)62-33-14-5-15-34-62)56-81(72)90(76)82-55-65(51-52-86-82)89-77-43-18-16-41-74(77)85(75-42-17-19-44-78(75)89)83-68(59-27-8-2-9-28-59)37-23-38-69(83)60-29-10-3-11-30-60/h1-56H/i4D,5D,12D,13D,14D,15D,31D,32D,33D,34D. The molecule has 17 rings (SSSR count). The van der Waals surface area contributed by atoms with Crippen LogP contribution < -0.4 is 30.6 Å². The number of rotatable bonds is 12. The lowest BCUT2D eigenvalue weighted by molar-refractivity contribution is -0.571. The molecule has 4 heterocycles. The van der Waals surface area contributed by atoms with Crippen molar-refractivity contribution >= 4 is 73.0 Å². The maximum Gasteiger partial charge on any atom is 0.269 e. The van der Waals surface area contributed by atoms with E-state index in [1.807, 2.05) is 89.6 Å². The number of nitrogens with zero attached hydrogens (tertiary/aromatic N) is 5. The first-order valence-corrected chi connectivity index (χ1v) is 30.1.